The number of methoxy groups -OCH3 is 1. The minimum atomic E-state index is -3.89. The van der Waals surface area contributed by atoms with Crippen LogP contribution in [0, 0.1) is 11.6 Å². The van der Waals surface area contributed by atoms with Gasteiger partial charge in [0, 0.05) is 11.1 Å². The lowest BCUT2D eigenvalue weighted by Crippen LogP contribution is -2.25. The molecule has 0 fully saturated rings. The summed E-state index contributed by atoms with van der Waals surface area (Å²) in [6, 6.07) is 11.5. The number of nitrogens with zero attached hydrogens (tertiary/aromatic N) is 2. The van der Waals surface area contributed by atoms with Crippen molar-refractivity contribution in [1.82, 2.24) is 14.7 Å². The van der Waals surface area contributed by atoms with E-state index in [-0.39, 0.29) is 12.1 Å². The van der Waals surface area contributed by atoms with Crippen molar-refractivity contribution in [1.29, 1.82) is 0 Å². The summed E-state index contributed by atoms with van der Waals surface area (Å²) in [4.78, 5) is 8.22. The van der Waals surface area contributed by atoms with Gasteiger partial charge in [0.05, 0.1) is 30.8 Å². The third kappa shape index (κ3) is 5.08. The molecule has 0 bridgehead atoms. The van der Waals surface area contributed by atoms with Crippen molar-refractivity contribution in [3.8, 4) is 17.0 Å². The van der Waals surface area contributed by atoms with Crippen LogP contribution < -0.4 is 9.46 Å². The van der Waals surface area contributed by atoms with Crippen LogP contribution in [0.3, 0.4) is 0 Å². The summed E-state index contributed by atoms with van der Waals surface area (Å²) in [6.45, 7) is -0.106. The van der Waals surface area contributed by atoms with Gasteiger partial charge in [-0.25, -0.2) is 31.9 Å². The van der Waals surface area contributed by atoms with E-state index >= 15 is 0 Å². The molecular weight excluding hydrogens is 388 g/mol. The van der Waals surface area contributed by atoms with Crippen molar-refractivity contribution in [3.05, 3.63) is 77.8 Å². The van der Waals surface area contributed by atoms with Gasteiger partial charge >= 0.3 is 0 Å². The highest BCUT2D eigenvalue weighted by Gasteiger charge is 2.16. The van der Waals surface area contributed by atoms with E-state index < -0.39 is 27.4 Å². The minimum Gasteiger partial charge on any atom is -0.497 e. The van der Waals surface area contributed by atoms with E-state index in [9.17, 15) is 17.2 Å². The fraction of sp³-hybridized carbons (Fsp3) is 0.158. The molecule has 1 N–H and O–H groups in total. The third-order valence-electron chi connectivity index (χ3n) is 3.94. The summed E-state index contributed by atoms with van der Waals surface area (Å²) in [6.07, 6.45) is 1.33. The van der Waals surface area contributed by atoms with Crippen LogP contribution in [0.15, 0.2) is 54.9 Å². The molecule has 3 rings (SSSR count). The van der Waals surface area contributed by atoms with Crippen molar-refractivity contribution in [2.45, 2.75) is 12.3 Å². The first-order valence-electron chi connectivity index (χ1n) is 8.23. The van der Waals surface area contributed by atoms with Gasteiger partial charge in [0.15, 0.2) is 0 Å². The van der Waals surface area contributed by atoms with Gasteiger partial charge in [0.2, 0.25) is 10.0 Å². The maximum atomic E-state index is 13.7. The molecule has 0 unspecified atom stereocenters. The third-order valence-corrected chi connectivity index (χ3v) is 5.21. The maximum absolute atomic E-state index is 13.7. The second-order valence-electron chi connectivity index (χ2n) is 5.94. The SMILES string of the molecule is COc1ccc(-c2cc(CNS(=O)(=O)Cc3cc(F)ccc3F)ncn2)cc1. The lowest BCUT2D eigenvalue weighted by molar-refractivity contribution is 0.415. The van der Waals surface area contributed by atoms with Gasteiger partial charge in [-0.2, -0.15) is 0 Å². The number of ether oxygens (including phenoxy) is 1. The Hall–Kier alpha value is -2.91. The predicted molar refractivity (Wildman–Crippen MR) is 99.8 cm³/mol. The van der Waals surface area contributed by atoms with Gasteiger partial charge in [-0.05, 0) is 48.5 Å². The second-order valence-corrected chi connectivity index (χ2v) is 7.75. The van der Waals surface area contributed by atoms with E-state index in [4.69, 9.17) is 4.74 Å². The van der Waals surface area contributed by atoms with Gasteiger partial charge in [0.25, 0.3) is 0 Å². The van der Waals surface area contributed by atoms with Crippen molar-refractivity contribution in [2.24, 2.45) is 0 Å². The first kappa shape index (κ1) is 19.8. The van der Waals surface area contributed by atoms with Crippen molar-refractivity contribution in [2.75, 3.05) is 7.11 Å². The molecule has 1 aromatic heterocycles. The number of benzene rings is 2. The Kier molecular flexibility index (Phi) is 5.96. The number of sulfonamides is 1. The zero-order chi connectivity index (χ0) is 20.1. The summed E-state index contributed by atoms with van der Waals surface area (Å²) in [5, 5.41) is 0. The number of hydrogen-bond acceptors (Lipinski definition) is 5. The van der Waals surface area contributed by atoms with E-state index in [1.807, 2.05) is 12.1 Å². The van der Waals surface area contributed by atoms with Gasteiger partial charge in [0.1, 0.15) is 23.7 Å². The smallest absolute Gasteiger partial charge is 0.216 e. The number of aromatic nitrogens is 2. The molecule has 0 radical (unpaired) electrons. The molecule has 3 aromatic rings. The first-order chi connectivity index (χ1) is 13.4. The van der Waals surface area contributed by atoms with E-state index in [1.54, 1.807) is 25.3 Å². The first-order valence-corrected chi connectivity index (χ1v) is 9.88. The number of hydrogen-bond donors (Lipinski definition) is 1. The Bertz CT molecular complexity index is 1070. The van der Waals surface area contributed by atoms with Crippen LogP contribution in [0.5, 0.6) is 5.75 Å². The Morgan fingerprint density at radius 2 is 1.79 bits per heavy atom. The van der Waals surface area contributed by atoms with Crippen LogP contribution in [-0.2, 0) is 22.3 Å². The summed E-state index contributed by atoms with van der Waals surface area (Å²) < 4.78 is 58.7. The highest BCUT2D eigenvalue weighted by molar-refractivity contribution is 7.88. The Labute approximate surface area is 161 Å². The molecule has 6 nitrogen and oxygen atoms in total. The van der Waals surface area contributed by atoms with Gasteiger partial charge < -0.3 is 4.74 Å². The lowest BCUT2D eigenvalue weighted by atomic mass is 10.1. The van der Waals surface area contributed by atoms with E-state index in [2.05, 4.69) is 14.7 Å². The van der Waals surface area contributed by atoms with Crippen LogP contribution >= 0.6 is 0 Å². The number of nitrogens with one attached hydrogen (secondary N) is 1. The standard InChI is InChI=1S/C19H17F2N3O3S/c1-27-17-5-2-13(3-6-17)19-9-16(22-12-23-19)10-24-28(25,26)11-14-8-15(20)4-7-18(14)21/h2-9,12,24H,10-11H2,1H3. The molecule has 0 saturated carbocycles. The molecule has 9 heteroatoms. The molecule has 2 aromatic carbocycles. The number of halogens is 2. The zero-order valence-electron chi connectivity index (χ0n) is 14.9. The number of rotatable bonds is 7. The summed E-state index contributed by atoms with van der Waals surface area (Å²) in [7, 11) is -2.32. The summed E-state index contributed by atoms with van der Waals surface area (Å²) in [5.74, 6) is -1.45. The van der Waals surface area contributed by atoms with Crippen LogP contribution in [0.2, 0.25) is 0 Å². The summed E-state index contributed by atoms with van der Waals surface area (Å²) in [5.41, 5.74) is 1.62. The molecule has 0 aliphatic carbocycles. The van der Waals surface area contributed by atoms with Crippen molar-refractivity contribution in [3.63, 3.8) is 0 Å². The van der Waals surface area contributed by atoms with Crippen LogP contribution in [-0.4, -0.2) is 25.5 Å². The van der Waals surface area contributed by atoms with Crippen LogP contribution in [0.4, 0.5) is 8.78 Å². The molecule has 0 aliphatic heterocycles. The predicted octanol–water partition coefficient (Wildman–Crippen LogP) is 3.05. The molecule has 146 valence electrons. The monoisotopic (exact) mass is 405 g/mol. The summed E-state index contributed by atoms with van der Waals surface area (Å²) >= 11 is 0. The quantitative estimate of drug-likeness (QED) is 0.653. The Balaban J connectivity index is 1.70. The fourth-order valence-electron chi connectivity index (χ4n) is 2.51. The van der Waals surface area contributed by atoms with Gasteiger partial charge in [-0.1, -0.05) is 0 Å². The van der Waals surface area contributed by atoms with Gasteiger partial charge in [-0.15, -0.1) is 0 Å². The lowest BCUT2D eigenvalue weighted by Gasteiger charge is -2.09. The highest BCUT2D eigenvalue weighted by atomic mass is 32.2. The molecule has 0 amide bonds. The topological polar surface area (TPSA) is 81.2 Å². The largest absolute Gasteiger partial charge is 0.497 e. The molecule has 0 spiro atoms. The Morgan fingerprint density at radius 1 is 1.04 bits per heavy atom. The van der Waals surface area contributed by atoms with Crippen LogP contribution in [0.1, 0.15) is 11.3 Å². The fourth-order valence-corrected chi connectivity index (χ4v) is 3.61. The van der Waals surface area contributed by atoms with E-state index in [1.165, 1.54) is 6.33 Å². The minimum absolute atomic E-state index is 0.106. The zero-order valence-corrected chi connectivity index (χ0v) is 15.7. The maximum Gasteiger partial charge on any atom is 0.216 e. The molecule has 0 aliphatic rings. The molecule has 28 heavy (non-hydrogen) atoms. The van der Waals surface area contributed by atoms with Gasteiger partial charge in [-0.3, -0.25) is 0 Å². The van der Waals surface area contributed by atoms with E-state index in [0.29, 0.717) is 17.1 Å². The average molecular weight is 405 g/mol. The molecule has 1 heterocycles. The van der Waals surface area contributed by atoms with Crippen LogP contribution in [0.25, 0.3) is 11.3 Å². The molecule has 0 saturated heterocycles. The average Bonchev–Trinajstić information content (AvgIpc) is 2.69. The molecule has 0 atom stereocenters. The van der Waals surface area contributed by atoms with Crippen molar-refractivity contribution < 1.29 is 21.9 Å². The second kappa shape index (κ2) is 8.41. The molecular formula is C19H17F2N3O3S. The highest BCUT2D eigenvalue weighted by Crippen LogP contribution is 2.20. The Morgan fingerprint density at radius 3 is 2.50 bits per heavy atom. The van der Waals surface area contributed by atoms with Crippen molar-refractivity contribution >= 4 is 10.0 Å². The normalized spacial score (nSPS) is 11.4. The van der Waals surface area contributed by atoms with E-state index in [0.717, 1.165) is 23.8 Å².